The van der Waals surface area contributed by atoms with Gasteiger partial charge in [0.1, 0.15) is 6.04 Å². The monoisotopic (exact) mass is 393 g/mol. The van der Waals surface area contributed by atoms with Crippen molar-refractivity contribution in [2.75, 3.05) is 6.54 Å². The third-order valence-corrected chi connectivity index (χ3v) is 5.67. The Balaban J connectivity index is 1.54. The number of carbonyl (C=O) groups excluding carboxylic acids is 1. The van der Waals surface area contributed by atoms with E-state index in [0.29, 0.717) is 12.4 Å². The molecule has 1 atom stereocenters. The van der Waals surface area contributed by atoms with Gasteiger partial charge in [-0.2, -0.15) is 18.2 Å². The molecule has 0 N–H and O–H groups in total. The van der Waals surface area contributed by atoms with Gasteiger partial charge in [0.05, 0.1) is 5.56 Å². The molecule has 1 aromatic carbocycles. The van der Waals surface area contributed by atoms with Crippen LogP contribution in [0.5, 0.6) is 0 Å². The zero-order valence-electron chi connectivity index (χ0n) is 15.4. The summed E-state index contributed by atoms with van der Waals surface area (Å²) in [6, 6.07) is 4.56. The highest BCUT2D eigenvalue weighted by atomic mass is 19.4. The van der Waals surface area contributed by atoms with Gasteiger partial charge in [0, 0.05) is 18.0 Å². The minimum Gasteiger partial charge on any atom is -0.337 e. The summed E-state index contributed by atoms with van der Waals surface area (Å²) in [5.41, 5.74) is -0.515. The second-order valence-electron chi connectivity index (χ2n) is 7.56. The van der Waals surface area contributed by atoms with E-state index in [1.807, 2.05) is 4.90 Å². The highest BCUT2D eigenvalue weighted by molar-refractivity contribution is 5.79. The van der Waals surface area contributed by atoms with Gasteiger partial charge in [-0.15, -0.1) is 0 Å². The number of hydrogen-bond donors (Lipinski definition) is 0. The summed E-state index contributed by atoms with van der Waals surface area (Å²) in [6.45, 7) is 0.654. The van der Waals surface area contributed by atoms with E-state index in [9.17, 15) is 18.0 Å². The molecule has 150 valence electrons. The summed E-state index contributed by atoms with van der Waals surface area (Å²) in [7, 11) is 0. The first kappa shape index (κ1) is 19.0. The molecule has 2 aromatic rings. The largest absolute Gasteiger partial charge is 0.416 e. The third kappa shape index (κ3) is 3.77. The minimum absolute atomic E-state index is 0.0557. The SMILES string of the molecule is O=C(C1CCCCC1)N1CCC[C@@H]1c1nc(-c2cccc(C(F)(F)F)c2)no1. The summed E-state index contributed by atoms with van der Waals surface area (Å²) in [5, 5.41) is 3.87. The minimum atomic E-state index is -4.43. The first-order valence-corrected chi connectivity index (χ1v) is 9.75. The van der Waals surface area contributed by atoms with Crippen molar-refractivity contribution in [3.05, 3.63) is 35.7 Å². The number of benzene rings is 1. The first-order chi connectivity index (χ1) is 13.4. The van der Waals surface area contributed by atoms with Gasteiger partial charge in [-0.25, -0.2) is 0 Å². The number of nitrogens with zero attached hydrogens (tertiary/aromatic N) is 3. The van der Waals surface area contributed by atoms with Crippen molar-refractivity contribution in [1.29, 1.82) is 0 Å². The second kappa shape index (κ2) is 7.56. The molecule has 0 bridgehead atoms. The average Bonchev–Trinajstić information content (AvgIpc) is 3.37. The van der Waals surface area contributed by atoms with Crippen LogP contribution >= 0.6 is 0 Å². The fourth-order valence-electron chi connectivity index (χ4n) is 4.19. The Hall–Kier alpha value is -2.38. The smallest absolute Gasteiger partial charge is 0.337 e. The lowest BCUT2D eigenvalue weighted by Crippen LogP contribution is -2.36. The van der Waals surface area contributed by atoms with E-state index in [0.717, 1.165) is 50.7 Å². The Labute approximate surface area is 160 Å². The molecular weight excluding hydrogens is 371 g/mol. The Bertz CT molecular complexity index is 843. The third-order valence-electron chi connectivity index (χ3n) is 5.67. The van der Waals surface area contributed by atoms with E-state index in [-0.39, 0.29) is 29.3 Å². The predicted octanol–water partition coefficient (Wildman–Crippen LogP) is 5.00. The predicted molar refractivity (Wildman–Crippen MR) is 95.0 cm³/mol. The molecule has 2 fully saturated rings. The second-order valence-corrected chi connectivity index (χ2v) is 7.56. The van der Waals surface area contributed by atoms with Gasteiger partial charge in [0.2, 0.25) is 17.6 Å². The maximum atomic E-state index is 12.9. The molecule has 0 spiro atoms. The van der Waals surface area contributed by atoms with E-state index < -0.39 is 11.7 Å². The summed E-state index contributed by atoms with van der Waals surface area (Å²) >= 11 is 0. The van der Waals surface area contributed by atoms with Gasteiger partial charge in [-0.05, 0) is 37.8 Å². The van der Waals surface area contributed by atoms with Crippen LogP contribution in [0.4, 0.5) is 13.2 Å². The van der Waals surface area contributed by atoms with E-state index in [1.165, 1.54) is 18.6 Å². The van der Waals surface area contributed by atoms with Gasteiger partial charge in [0.15, 0.2) is 0 Å². The fraction of sp³-hybridized carbons (Fsp3) is 0.550. The number of hydrogen-bond acceptors (Lipinski definition) is 4. The number of aromatic nitrogens is 2. The van der Waals surface area contributed by atoms with Crippen molar-refractivity contribution in [3.63, 3.8) is 0 Å². The van der Waals surface area contributed by atoms with Crippen LogP contribution in [0.1, 0.15) is 62.4 Å². The van der Waals surface area contributed by atoms with Crippen LogP contribution in [0.25, 0.3) is 11.4 Å². The highest BCUT2D eigenvalue weighted by Gasteiger charge is 2.37. The molecular formula is C20H22F3N3O2. The Kier molecular flexibility index (Phi) is 5.12. The molecule has 1 amide bonds. The molecule has 2 heterocycles. The number of halogens is 3. The topological polar surface area (TPSA) is 59.2 Å². The fourth-order valence-corrected chi connectivity index (χ4v) is 4.19. The molecule has 4 rings (SSSR count). The number of likely N-dealkylation sites (tertiary alicyclic amines) is 1. The molecule has 8 heteroatoms. The number of alkyl halides is 3. The molecule has 1 aromatic heterocycles. The Morgan fingerprint density at radius 1 is 1.11 bits per heavy atom. The van der Waals surface area contributed by atoms with Gasteiger partial charge in [-0.3, -0.25) is 4.79 Å². The maximum absolute atomic E-state index is 12.9. The van der Waals surface area contributed by atoms with Crippen LogP contribution in [-0.4, -0.2) is 27.5 Å². The number of carbonyl (C=O) groups is 1. The molecule has 1 aliphatic carbocycles. The summed E-state index contributed by atoms with van der Waals surface area (Å²) < 4.78 is 44.2. The van der Waals surface area contributed by atoms with Crippen LogP contribution in [0.2, 0.25) is 0 Å². The summed E-state index contributed by atoms with van der Waals surface area (Å²) in [6.07, 6.45) is 2.31. The van der Waals surface area contributed by atoms with Crippen molar-refractivity contribution < 1.29 is 22.5 Å². The van der Waals surface area contributed by atoms with Crippen LogP contribution in [-0.2, 0) is 11.0 Å². The quantitative estimate of drug-likeness (QED) is 0.736. The molecule has 1 saturated carbocycles. The van der Waals surface area contributed by atoms with Gasteiger partial charge >= 0.3 is 6.18 Å². The van der Waals surface area contributed by atoms with Crippen LogP contribution < -0.4 is 0 Å². The molecule has 1 aliphatic heterocycles. The zero-order chi connectivity index (χ0) is 19.7. The van der Waals surface area contributed by atoms with Crippen molar-refractivity contribution in [3.8, 4) is 11.4 Å². The molecule has 0 unspecified atom stereocenters. The maximum Gasteiger partial charge on any atom is 0.416 e. The van der Waals surface area contributed by atoms with E-state index in [2.05, 4.69) is 10.1 Å². The zero-order valence-corrected chi connectivity index (χ0v) is 15.4. The Morgan fingerprint density at radius 3 is 2.64 bits per heavy atom. The van der Waals surface area contributed by atoms with Crippen molar-refractivity contribution in [2.45, 2.75) is 57.2 Å². The van der Waals surface area contributed by atoms with Crippen LogP contribution in [0, 0.1) is 5.92 Å². The molecule has 2 aliphatic rings. The van der Waals surface area contributed by atoms with Gasteiger partial charge < -0.3 is 9.42 Å². The van der Waals surface area contributed by atoms with Crippen LogP contribution in [0.3, 0.4) is 0 Å². The number of amides is 1. The standard InChI is InChI=1S/C20H22F3N3O2/c21-20(22,23)15-9-4-8-14(12-15)17-24-18(28-25-17)16-10-5-11-26(16)19(27)13-6-2-1-3-7-13/h4,8-9,12-13,16H,1-3,5-7,10-11H2/t16-/m1/s1. The highest BCUT2D eigenvalue weighted by Crippen LogP contribution is 2.36. The summed E-state index contributed by atoms with van der Waals surface area (Å²) in [5.74, 6) is 0.605. The van der Waals surface area contributed by atoms with Gasteiger partial charge in [0.25, 0.3) is 0 Å². The van der Waals surface area contributed by atoms with E-state index in [1.54, 1.807) is 0 Å². The lowest BCUT2D eigenvalue weighted by molar-refractivity contribution is -0.138. The van der Waals surface area contributed by atoms with Crippen molar-refractivity contribution >= 4 is 5.91 Å². The van der Waals surface area contributed by atoms with Gasteiger partial charge in [-0.1, -0.05) is 36.6 Å². The Morgan fingerprint density at radius 2 is 1.89 bits per heavy atom. The first-order valence-electron chi connectivity index (χ1n) is 9.75. The van der Waals surface area contributed by atoms with Crippen molar-refractivity contribution in [2.24, 2.45) is 5.92 Å². The summed E-state index contributed by atoms with van der Waals surface area (Å²) in [4.78, 5) is 19.1. The van der Waals surface area contributed by atoms with E-state index >= 15 is 0 Å². The lowest BCUT2D eigenvalue weighted by atomic mass is 9.88. The molecule has 0 radical (unpaired) electrons. The molecule has 5 nitrogen and oxygen atoms in total. The normalized spacial score (nSPS) is 21.2. The average molecular weight is 393 g/mol. The van der Waals surface area contributed by atoms with Crippen molar-refractivity contribution in [1.82, 2.24) is 15.0 Å². The van der Waals surface area contributed by atoms with E-state index in [4.69, 9.17) is 4.52 Å². The lowest BCUT2D eigenvalue weighted by Gasteiger charge is -2.29. The molecule has 28 heavy (non-hydrogen) atoms. The number of rotatable bonds is 3. The van der Waals surface area contributed by atoms with Crippen LogP contribution in [0.15, 0.2) is 28.8 Å². The molecule has 1 saturated heterocycles.